The van der Waals surface area contributed by atoms with Gasteiger partial charge in [-0.15, -0.1) is 0 Å². The largest absolute Gasteiger partial charge is 0.323 e. The number of rotatable bonds is 8. The van der Waals surface area contributed by atoms with Crippen molar-refractivity contribution in [1.29, 1.82) is 0 Å². The highest BCUT2D eigenvalue weighted by molar-refractivity contribution is 6.81. The van der Waals surface area contributed by atoms with Crippen molar-refractivity contribution in [3.05, 3.63) is 0 Å². The first-order valence-corrected chi connectivity index (χ1v) is 9.86. The second kappa shape index (κ2) is 7.58. The van der Waals surface area contributed by atoms with E-state index in [2.05, 4.69) is 60.0 Å². The lowest BCUT2D eigenvalue weighted by atomic mass is 10.3. The maximum absolute atomic E-state index is 2.86. The normalized spacial score (nSPS) is 19.4. The molecule has 2 unspecified atom stereocenters. The molecule has 0 saturated heterocycles. The van der Waals surface area contributed by atoms with Crippen molar-refractivity contribution in [1.82, 2.24) is 4.57 Å². The smallest absolute Gasteiger partial charge is 0.136 e. The third-order valence-corrected chi connectivity index (χ3v) is 12.6. The van der Waals surface area contributed by atoms with E-state index in [0.29, 0.717) is 0 Å². The average Bonchev–Trinajstić information content (AvgIpc) is 2.33. The quantitative estimate of drug-likeness (QED) is 0.534. The van der Waals surface area contributed by atoms with Gasteiger partial charge in [-0.25, -0.2) is 0 Å². The molecule has 0 aliphatic rings. The van der Waals surface area contributed by atoms with Gasteiger partial charge in [0, 0.05) is 0 Å². The Morgan fingerprint density at radius 3 is 1.29 bits per heavy atom. The van der Waals surface area contributed by atoms with Gasteiger partial charge in [0.1, 0.15) is 8.24 Å². The first kappa shape index (κ1) is 17.2. The molecule has 1 nitrogen and oxygen atoms in total. The van der Waals surface area contributed by atoms with Gasteiger partial charge in [-0.1, -0.05) is 68.2 Å². The zero-order chi connectivity index (χ0) is 13.6. The zero-order valence-electron chi connectivity index (χ0n) is 13.5. The Kier molecular flexibility index (Phi) is 7.66. The summed E-state index contributed by atoms with van der Waals surface area (Å²) in [5, 5.41) is 0. The van der Waals surface area contributed by atoms with Crippen LogP contribution in [0.1, 0.15) is 68.2 Å². The molecule has 2 atom stereocenters. The van der Waals surface area contributed by atoms with Crippen molar-refractivity contribution in [3.8, 4) is 0 Å². The van der Waals surface area contributed by atoms with Crippen LogP contribution < -0.4 is 0 Å². The number of nitrogens with zero attached hydrogens (tertiary/aromatic N) is 1. The van der Waals surface area contributed by atoms with Crippen molar-refractivity contribution in [2.45, 2.75) is 84.9 Å². The molecule has 2 heteroatoms. The molecule has 0 aromatic carbocycles. The summed E-state index contributed by atoms with van der Waals surface area (Å²) in [5.41, 5.74) is 2.65. The van der Waals surface area contributed by atoms with Gasteiger partial charge in [0.05, 0.1) is 0 Å². The van der Waals surface area contributed by atoms with Gasteiger partial charge >= 0.3 is 0 Å². The Bertz CT molecular complexity index is 189. The molecule has 0 amide bonds. The summed E-state index contributed by atoms with van der Waals surface area (Å²) in [6.45, 7) is 21.9. The lowest BCUT2D eigenvalue weighted by molar-refractivity contribution is 0.417. The Balaban J connectivity index is 5.53. The molecule has 0 bridgehead atoms. The molecule has 0 aliphatic carbocycles. The third-order valence-electron chi connectivity index (χ3n) is 5.04. The second-order valence-electron chi connectivity index (χ2n) is 5.83. The van der Waals surface area contributed by atoms with Crippen LogP contribution in [-0.4, -0.2) is 25.9 Å². The van der Waals surface area contributed by atoms with E-state index < -0.39 is 8.24 Å². The molecule has 0 radical (unpaired) electrons. The van der Waals surface area contributed by atoms with Gasteiger partial charge in [0.15, 0.2) is 0 Å². The molecular formula is C15H35NSi. The van der Waals surface area contributed by atoms with Crippen molar-refractivity contribution >= 4 is 8.24 Å². The molecule has 0 fully saturated rings. The molecular weight excluding hydrogens is 222 g/mol. The van der Waals surface area contributed by atoms with Crippen molar-refractivity contribution in [2.24, 2.45) is 0 Å². The summed E-state index contributed by atoms with van der Waals surface area (Å²) in [7, 11) is -1.38. The molecule has 104 valence electrons. The maximum atomic E-state index is 2.86. The van der Waals surface area contributed by atoms with E-state index in [1.807, 2.05) is 0 Å². The van der Waals surface area contributed by atoms with E-state index in [1.54, 1.807) is 0 Å². The van der Waals surface area contributed by atoms with Crippen LogP contribution in [-0.2, 0) is 0 Å². The molecule has 0 saturated carbocycles. The Hall–Kier alpha value is 0.177. The lowest BCUT2D eigenvalue weighted by Crippen LogP contribution is -2.60. The van der Waals surface area contributed by atoms with Crippen LogP contribution in [0.15, 0.2) is 0 Å². The molecule has 0 heterocycles. The van der Waals surface area contributed by atoms with Crippen LogP contribution in [0.4, 0.5) is 0 Å². The molecule has 0 N–H and O–H groups in total. The third kappa shape index (κ3) is 3.14. The van der Waals surface area contributed by atoms with Gasteiger partial charge in [0.25, 0.3) is 0 Å². The lowest BCUT2D eigenvalue weighted by Gasteiger charge is -2.52. The molecule has 0 aliphatic heterocycles. The molecule has 0 aromatic rings. The minimum atomic E-state index is -1.38. The highest BCUT2D eigenvalue weighted by Gasteiger charge is 2.48. The first-order chi connectivity index (χ1) is 7.93. The van der Waals surface area contributed by atoms with E-state index in [0.717, 1.165) is 16.6 Å². The topological polar surface area (TPSA) is 3.24 Å². The van der Waals surface area contributed by atoms with E-state index in [-0.39, 0.29) is 0 Å². The molecule has 0 spiro atoms. The molecule has 0 aromatic heterocycles. The van der Waals surface area contributed by atoms with Crippen molar-refractivity contribution < 1.29 is 0 Å². The second-order valence-corrected chi connectivity index (χ2v) is 11.4. The fourth-order valence-electron chi connectivity index (χ4n) is 4.04. The van der Waals surface area contributed by atoms with Gasteiger partial charge in [-0.3, -0.25) is 0 Å². The molecule has 0 rings (SSSR count). The summed E-state index contributed by atoms with van der Waals surface area (Å²) >= 11 is 0. The SMILES string of the molecule is CCC(C)[Si](C(C)C)(C(C)CC)N(CC)CC. The highest BCUT2D eigenvalue weighted by Crippen LogP contribution is 2.46. The number of hydrogen-bond donors (Lipinski definition) is 0. The first-order valence-electron chi connectivity index (χ1n) is 7.68. The predicted molar refractivity (Wildman–Crippen MR) is 83.2 cm³/mol. The maximum Gasteiger partial charge on any atom is 0.136 e. The minimum absolute atomic E-state index is 0.854. The highest BCUT2D eigenvalue weighted by atomic mass is 28.3. The summed E-state index contributed by atoms with van der Waals surface area (Å²) in [6.07, 6.45) is 2.68. The number of hydrogen-bond acceptors (Lipinski definition) is 1. The van der Waals surface area contributed by atoms with E-state index in [4.69, 9.17) is 0 Å². The van der Waals surface area contributed by atoms with Gasteiger partial charge in [-0.05, 0) is 29.7 Å². The van der Waals surface area contributed by atoms with Crippen LogP contribution >= 0.6 is 0 Å². The van der Waals surface area contributed by atoms with Crippen LogP contribution in [0.5, 0.6) is 0 Å². The van der Waals surface area contributed by atoms with Gasteiger partial charge < -0.3 is 4.57 Å². The Morgan fingerprint density at radius 1 is 0.765 bits per heavy atom. The average molecular weight is 258 g/mol. The fourth-order valence-corrected chi connectivity index (χ4v) is 11.7. The van der Waals surface area contributed by atoms with E-state index in [9.17, 15) is 0 Å². The van der Waals surface area contributed by atoms with Gasteiger partial charge in [0.2, 0.25) is 0 Å². The summed E-state index contributed by atoms with van der Waals surface area (Å²) in [5.74, 6) is 0. The van der Waals surface area contributed by atoms with Crippen LogP contribution in [0.2, 0.25) is 16.6 Å². The monoisotopic (exact) mass is 257 g/mol. The van der Waals surface area contributed by atoms with Crippen molar-refractivity contribution in [2.75, 3.05) is 13.1 Å². The van der Waals surface area contributed by atoms with Crippen LogP contribution in [0.3, 0.4) is 0 Å². The van der Waals surface area contributed by atoms with Crippen molar-refractivity contribution in [3.63, 3.8) is 0 Å². The predicted octanol–water partition coefficient (Wildman–Crippen LogP) is 5.28. The summed E-state index contributed by atoms with van der Waals surface area (Å²) in [4.78, 5) is 0. The van der Waals surface area contributed by atoms with E-state index >= 15 is 0 Å². The minimum Gasteiger partial charge on any atom is -0.323 e. The Labute approximate surface area is 111 Å². The van der Waals surface area contributed by atoms with Crippen LogP contribution in [0, 0.1) is 0 Å². The van der Waals surface area contributed by atoms with Gasteiger partial charge in [-0.2, -0.15) is 0 Å². The standard InChI is InChI=1S/C15H35NSi/c1-9-14(7)17(13(5)6,15(8)10-2)16(11-3)12-4/h13-15H,9-12H2,1-8H3. The fraction of sp³-hybridized carbons (Fsp3) is 1.00. The van der Waals surface area contributed by atoms with Crippen LogP contribution in [0.25, 0.3) is 0 Å². The Morgan fingerprint density at radius 2 is 1.12 bits per heavy atom. The van der Waals surface area contributed by atoms with E-state index in [1.165, 1.54) is 25.9 Å². The summed E-state index contributed by atoms with van der Waals surface area (Å²) in [6, 6.07) is 0. The zero-order valence-corrected chi connectivity index (χ0v) is 14.5. The molecule has 17 heavy (non-hydrogen) atoms. The summed E-state index contributed by atoms with van der Waals surface area (Å²) < 4.78 is 2.86.